The predicted octanol–water partition coefficient (Wildman–Crippen LogP) is 2.05. The van der Waals surface area contributed by atoms with E-state index in [0.29, 0.717) is 0 Å². The number of aryl methyl sites for hydroxylation is 1. The SMILES string of the molecule is COc1ncc(C(=O)NC2(C(=O)N[C@H](C)c3ncc(-c4cc(Cl)cc(F)c4-c4nnn(C)n4)cc3F)COC2)cn1. The van der Waals surface area contributed by atoms with E-state index in [9.17, 15) is 14.0 Å². The van der Waals surface area contributed by atoms with Crippen molar-refractivity contribution in [2.24, 2.45) is 7.05 Å². The summed E-state index contributed by atoms with van der Waals surface area (Å²) in [4.78, 5) is 39.0. The standard InChI is InChI=1S/C25H22ClF2N9O4/c1-12(32-23(39)25(10-41-11-25)33-22(38)14-8-30-24(40-3)31-9-14)20-18(28)4-13(7-29-20)16-5-15(26)6-17(27)19(16)21-34-36-37(2)35-21/h4-9,12H,10-11H2,1-3H3,(H,32,39)(H,33,38)/t12-/m1/s1. The largest absolute Gasteiger partial charge is 0.467 e. The molecule has 0 spiro atoms. The molecule has 1 atom stereocenters. The fraction of sp³-hybridized carbons (Fsp3) is 0.280. The van der Waals surface area contributed by atoms with Crippen molar-refractivity contribution in [1.82, 2.24) is 45.8 Å². The van der Waals surface area contributed by atoms with Crippen molar-refractivity contribution in [3.05, 3.63) is 64.7 Å². The van der Waals surface area contributed by atoms with Crippen LogP contribution in [0.2, 0.25) is 5.02 Å². The first-order valence-electron chi connectivity index (χ1n) is 12.1. The Morgan fingerprint density at radius 1 is 1.12 bits per heavy atom. The third kappa shape index (κ3) is 5.53. The maximum atomic E-state index is 15.4. The van der Waals surface area contributed by atoms with Gasteiger partial charge in [0, 0.05) is 29.2 Å². The van der Waals surface area contributed by atoms with Crippen LogP contribution in [0.1, 0.15) is 29.0 Å². The summed E-state index contributed by atoms with van der Waals surface area (Å²) in [5.74, 6) is -2.71. The first-order chi connectivity index (χ1) is 19.6. The average Bonchev–Trinajstić information content (AvgIpc) is 3.35. The Morgan fingerprint density at radius 3 is 2.44 bits per heavy atom. The van der Waals surface area contributed by atoms with Crippen LogP contribution < -0.4 is 15.4 Å². The summed E-state index contributed by atoms with van der Waals surface area (Å²) in [6.45, 7) is 1.34. The van der Waals surface area contributed by atoms with E-state index in [4.69, 9.17) is 21.1 Å². The number of nitrogens with zero attached hydrogens (tertiary/aromatic N) is 7. The minimum Gasteiger partial charge on any atom is -0.467 e. The topological polar surface area (TPSA) is 159 Å². The number of halogens is 3. The third-order valence-corrected chi connectivity index (χ3v) is 6.50. The summed E-state index contributed by atoms with van der Waals surface area (Å²) in [5.41, 5.74) is -0.995. The number of hydrogen-bond acceptors (Lipinski definition) is 10. The molecule has 4 aromatic rings. The molecule has 1 aliphatic heterocycles. The van der Waals surface area contributed by atoms with Crippen LogP contribution >= 0.6 is 11.6 Å². The van der Waals surface area contributed by atoms with Gasteiger partial charge in [-0.25, -0.2) is 18.7 Å². The fourth-order valence-corrected chi connectivity index (χ4v) is 4.33. The first kappa shape index (κ1) is 27.9. The Morgan fingerprint density at radius 2 is 1.85 bits per heavy atom. The molecule has 4 heterocycles. The second-order valence-corrected chi connectivity index (χ2v) is 9.62. The second-order valence-electron chi connectivity index (χ2n) is 9.19. The van der Waals surface area contributed by atoms with Gasteiger partial charge in [0.2, 0.25) is 5.82 Å². The Bertz CT molecular complexity index is 1630. The van der Waals surface area contributed by atoms with Crippen molar-refractivity contribution in [3.63, 3.8) is 0 Å². The molecular formula is C25H22ClF2N9O4. The molecule has 1 fully saturated rings. The highest BCUT2D eigenvalue weighted by Gasteiger charge is 2.48. The molecule has 212 valence electrons. The smallest absolute Gasteiger partial charge is 0.316 e. The van der Waals surface area contributed by atoms with E-state index in [-0.39, 0.29) is 58.0 Å². The van der Waals surface area contributed by atoms with Crippen molar-refractivity contribution >= 4 is 23.4 Å². The summed E-state index contributed by atoms with van der Waals surface area (Å²) < 4.78 is 40.3. The summed E-state index contributed by atoms with van der Waals surface area (Å²) in [7, 11) is 2.91. The molecule has 1 aliphatic rings. The predicted molar refractivity (Wildman–Crippen MR) is 139 cm³/mol. The third-order valence-electron chi connectivity index (χ3n) is 6.28. The summed E-state index contributed by atoms with van der Waals surface area (Å²) in [6.07, 6.45) is 3.83. The van der Waals surface area contributed by atoms with Gasteiger partial charge in [0.1, 0.15) is 11.6 Å². The number of hydrogen-bond donors (Lipinski definition) is 2. The molecule has 1 saturated heterocycles. The number of aromatic nitrogens is 7. The van der Waals surface area contributed by atoms with Gasteiger partial charge >= 0.3 is 6.01 Å². The number of ether oxygens (including phenoxy) is 2. The molecule has 0 unspecified atom stereocenters. The zero-order valence-corrected chi connectivity index (χ0v) is 22.6. The molecule has 0 radical (unpaired) electrons. The average molecular weight is 586 g/mol. The number of carbonyl (C=O) groups is 2. The van der Waals surface area contributed by atoms with Crippen LogP contribution in [0.5, 0.6) is 6.01 Å². The normalized spacial score (nSPS) is 14.6. The lowest BCUT2D eigenvalue weighted by molar-refractivity contribution is -0.147. The van der Waals surface area contributed by atoms with Crippen LogP contribution in [0.4, 0.5) is 8.78 Å². The number of benzene rings is 1. The number of nitrogens with one attached hydrogen (secondary N) is 2. The van der Waals surface area contributed by atoms with Gasteiger partial charge in [0.05, 0.1) is 50.2 Å². The van der Waals surface area contributed by atoms with Crippen molar-refractivity contribution in [3.8, 4) is 28.5 Å². The number of carbonyl (C=O) groups excluding carboxylic acids is 2. The minimum absolute atomic E-state index is 0.0157. The highest BCUT2D eigenvalue weighted by molar-refractivity contribution is 6.31. The maximum Gasteiger partial charge on any atom is 0.316 e. The fourth-order valence-electron chi connectivity index (χ4n) is 4.12. The van der Waals surface area contributed by atoms with Gasteiger partial charge < -0.3 is 20.1 Å². The van der Waals surface area contributed by atoms with E-state index in [1.165, 1.54) is 45.7 Å². The van der Waals surface area contributed by atoms with Gasteiger partial charge in [0.25, 0.3) is 11.8 Å². The first-order valence-corrected chi connectivity index (χ1v) is 12.4. The lowest BCUT2D eigenvalue weighted by Gasteiger charge is -2.40. The lowest BCUT2D eigenvalue weighted by Crippen LogP contribution is -2.70. The molecular weight excluding hydrogens is 564 g/mol. The highest BCUT2D eigenvalue weighted by Crippen LogP contribution is 2.35. The molecule has 16 heteroatoms. The summed E-state index contributed by atoms with van der Waals surface area (Å²) in [5, 5.41) is 17.0. The van der Waals surface area contributed by atoms with Gasteiger partial charge in [-0.2, -0.15) is 4.80 Å². The highest BCUT2D eigenvalue weighted by atomic mass is 35.5. The van der Waals surface area contributed by atoms with Gasteiger partial charge in [-0.05, 0) is 35.9 Å². The van der Waals surface area contributed by atoms with Gasteiger partial charge in [-0.15, -0.1) is 10.2 Å². The van der Waals surface area contributed by atoms with Gasteiger partial charge in [-0.3, -0.25) is 14.6 Å². The van der Waals surface area contributed by atoms with Crippen LogP contribution in [0.3, 0.4) is 0 Å². The molecule has 1 aromatic carbocycles. The molecule has 41 heavy (non-hydrogen) atoms. The number of methoxy groups -OCH3 is 1. The van der Waals surface area contributed by atoms with E-state index >= 15 is 4.39 Å². The van der Waals surface area contributed by atoms with E-state index in [0.717, 1.165) is 16.9 Å². The minimum atomic E-state index is -1.39. The molecule has 0 saturated carbocycles. The Labute approximate surface area is 236 Å². The molecule has 13 nitrogen and oxygen atoms in total. The van der Waals surface area contributed by atoms with E-state index in [2.05, 4.69) is 41.0 Å². The Hall–Kier alpha value is -4.63. The number of tetrazole rings is 1. The molecule has 5 rings (SSSR count). The van der Waals surface area contributed by atoms with Crippen molar-refractivity contribution in [1.29, 1.82) is 0 Å². The van der Waals surface area contributed by atoms with Crippen molar-refractivity contribution < 1.29 is 27.8 Å². The monoisotopic (exact) mass is 585 g/mol. The van der Waals surface area contributed by atoms with Gasteiger partial charge in [0.15, 0.2) is 5.54 Å². The summed E-state index contributed by atoms with van der Waals surface area (Å²) >= 11 is 6.08. The number of rotatable bonds is 8. The van der Waals surface area contributed by atoms with Gasteiger partial charge in [-0.1, -0.05) is 11.6 Å². The molecule has 2 amide bonds. The number of pyridine rings is 1. The Balaban J connectivity index is 1.35. The summed E-state index contributed by atoms with van der Waals surface area (Å²) in [6, 6.07) is 2.84. The zero-order valence-electron chi connectivity index (χ0n) is 21.9. The lowest BCUT2D eigenvalue weighted by atomic mass is 9.94. The van der Waals surface area contributed by atoms with Crippen LogP contribution in [0, 0.1) is 11.6 Å². The molecule has 0 bridgehead atoms. The van der Waals surface area contributed by atoms with Crippen molar-refractivity contribution in [2.45, 2.75) is 18.5 Å². The zero-order chi connectivity index (χ0) is 29.3. The van der Waals surface area contributed by atoms with Crippen LogP contribution in [0.25, 0.3) is 22.5 Å². The molecule has 0 aliphatic carbocycles. The Kier molecular flexibility index (Phi) is 7.55. The second kappa shape index (κ2) is 11.1. The molecule has 3 aromatic heterocycles. The van der Waals surface area contributed by atoms with E-state index in [1.54, 1.807) is 0 Å². The number of amides is 2. The van der Waals surface area contributed by atoms with E-state index < -0.39 is 35.0 Å². The van der Waals surface area contributed by atoms with Crippen LogP contribution in [0.15, 0.2) is 36.8 Å². The van der Waals surface area contributed by atoms with E-state index in [1.807, 2.05) is 0 Å². The maximum absolute atomic E-state index is 15.4. The van der Waals surface area contributed by atoms with Crippen LogP contribution in [-0.2, 0) is 16.6 Å². The van der Waals surface area contributed by atoms with Crippen molar-refractivity contribution in [2.75, 3.05) is 20.3 Å². The quantitative estimate of drug-likeness (QED) is 0.313. The molecule has 2 N–H and O–H groups in total. The van der Waals surface area contributed by atoms with Crippen LogP contribution in [-0.4, -0.2) is 72.8 Å².